The molecule has 0 aliphatic carbocycles. The summed E-state index contributed by atoms with van der Waals surface area (Å²) in [5, 5.41) is 12.2. The maximum Gasteiger partial charge on any atom is 0.326 e. The van der Waals surface area contributed by atoms with Gasteiger partial charge >= 0.3 is 5.97 Å². The minimum absolute atomic E-state index is 0.102. The topological polar surface area (TPSA) is 75.6 Å². The molecule has 1 aliphatic heterocycles. The van der Waals surface area contributed by atoms with E-state index in [-0.39, 0.29) is 12.5 Å². The predicted octanol–water partition coefficient (Wildman–Crippen LogP) is 2.34. The average molecular weight is 310 g/mol. The second-order valence-electron chi connectivity index (χ2n) is 5.17. The van der Waals surface area contributed by atoms with Crippen LogP contribution in [0.15, 0.2) is 23.8 Å². The van der Waals surface area contributed by atoms with E-state index in [1.807, 2.05) is 0 Å². The van der Waals surface area contributed by atoms with E-state index in [4.69, 9.17) is 21.4 Å². The van der Waals surface area contributed by atoms with E-state index in [1.165, 1.54) is 0 Å². The van der Waals surface area contributed by atoms with Gasteiger partial charge in [-0.1, -0.05) is 25.4 Å². The molecule has 1 heterocycles. The van der Waals surface area contributed by atoms with Gasteiger partial charge in [-0.05, 0) is 30.2 Å². The first-order valence-corrected chi connectivity index (χ1v) is 6.93. The molecular formula is C15H16ClNO4. The van der Waals surface area contributed by atoms with E-state index in [9.17, 15) is 9.59 Å². The summed E-state index contributed by atoms with van der Waals surface area (Å²) >= 11 is 5.91. The van der Waals surface area contributed by atoms with Gasteiger partial charge in [-0.25, -0.2) is 4.79 Å². The van der Waals surface area contributed by atoms with Crippen LogP contribution < -0.4 is 10.1 Å². The van der Waals surface area contributed by atoms with E-state index >= 15 is 0 Å². The summed E-state index contributed by atoms with van der Waals surface area (Å²) in [6, 6.07) is 4.20. The van der Waals surface area contributed by atoms with Gasteiger partial charge in [-0.2, -0.15) is 0 Å². The first-order valence-electron chi connectivity index (χ1n) is 6.55. The maximum atomic E-state index is 12.2. The van der Waals surface area contributed by atoms with Gasteiger partial charge in [0.05, 0.1) is 5.57 Å². The van der Waals surface area contributed by atoms with E-state index in [2.05, 4.69) is 5.32 Å². The molecule has 0 spiro atoms. The lowest BCUT2D eigenvalue weighted by molar-refractivity contribution is -0.142. The number of halogens is 1. The van der Waals surface area contributed by atoms with Gasteiger partial charge in [0.1, 0.15) is 18.4 Å². The molecule has 6 heteroatoms. The zero-order valence-electron chi connectivity index (χ0n) is 11.7. The Kier molecular flexibility index (Phi) is 4.53. The summed E-state index contributed by atoms with van der Waals surface area (Å²) in [4.78, 5) is 23.3. The highest BCUT2D eigenvalue weighted by molar-refractivity contribution is 6.30. The Morgan fingerprint density at radius 2 is 2.10 bits per heavy atom. The smallest absolute Gasteiger partial charge is 0.326 e. The van der Waals surface area contributed by atoms with E-state index in [1.54, 1.807) is 38.1 Å². The first kappa shape index (κ1) is 15.4. The van der Waals surface area contributed by atoms with Crippen LogP contribution in [0.4, 0.5) is 0 Å². The van der Waals surface area contributed by atoms with Crippen LogP contribution in [0.2, 0.25) is 5.02 Å². The number of ether oxygens (including phenoxy) is 1. The van der Waals surface area contributed by atoms with Crippen LogP contribution in [-0.2, 0) is 9.59 Å². The fourth-order valence-electron chi connectivity index (χ4n) is 2.03. The Labute approximate surface area is 127 Å². The lowest BCUT2D eigenvalue weighted by Gasteiger charge is -2.21. The number of fused-ring (bicyclic) bond motifs is 1. The van der Waals surface area contributed by atoms with Crippen molar-refractivity contribution in [3.8, 4) is 5.75 Å². The number of hydrogen-bond acceptors (Lipinski definition) is 3. The third-order valence-corrected chi connectivity index (χ3v) is 3.43. The lowest BCUT2D eigenvalue weighted by atomic mass is 10.0. The van der Waals surface area contributed by atoms with Crippen LogP contribution in [0.5, 0.6) is 5.75 Å². The maximum absolute atomic E-state index is 12.2. The molecule has 0 aromatic heterocycles. The minimum atomic E-state index is -1.06. The van der Waals surface area contributed by atoms with Crippen LogP contribution in [0, 0.1) is 5.92 Å². The third kappa shape index (κ3) is 3.55. The summed E-state index contributed by atoms with van der Waals surface area (Å²) in [6.07, 6.45) is 1.67. The van der Waals surface area contributed by atoms with Gasteiger partial charge in [-0.3, -0.25) is 4.79 Å². The van der Waals surface area contributed by atoms with Crippen LogP contribution in [0.1, 0.15) is 19.4 Å². The fraction of sp³-hybridized carbons (Fsp3) is 0.333. The molecule has 2 rings (SSSR count). The van der Waals surface area contributed by atoms with Crippen molar-refractivity contribution in [3.05, 3.63) is 34.4 Å². The van der Waals surface area contributed by atoms with Crippen LogP contribution in [0.3, 0.4) is 0 Å². The van der Waals surface area contributed by atoms with E-state index in [0.717, 1.165) is 0 Å². The molecule has 1 unspecified atom stereocenters. The summed E-state index contributed by atoms with van der Waals surface area (Å²) in [7, 11) is 0. The van der Waals surface area contributed by atoms with Crippen molar-refractivity contribution in [3.63, 3.8) is 0 Å². The summed E-state index contributed by atoms with van der Waals surface area (Å²) in [5.41, 5.74) is 1.08. The van der Waals surface area contributed by atoms with Crippen molar-refractivity contribution in [1.82, 2.24) is 5.32 Å². The number of carbonyl (C=O) groups is 2. The van der Waals surface area contributed by atoms with Gasteiger partial charge in [0, 0.05) is 10.6 Å². The van der Waals surface area contributed by atoms with Gasteiger partial charge in [0.15, 0.2) is 0 Å². The molecule has 21 heavy (non-hydrogen) atoms. The Bertz CT molecular complexity index is 610. The molecule has 2 N–H and O–H groups in total. The largest absolute Gasteiger partial charge is 0.488 e. The average Bonchev–Trinajstić information content (AvgIpc) is 2.42. The normalized spacial score (nSPS) is 14.8. The molecule has 1 aromatic rings. The Morgan fingerprint density at radius 3 is 2.71 bits per heavy atom. The predicted molar refractivity (Wildman–Crippen MR) is 79.3 cm³/mol. The van der Waals surface area contributed by atoms with Crippen LogP contribution >= 0.6 is 11.6 Å². The Morgan fingerprint density at radius 1 is 1.38 bits per heavy atom. The standard InChI is InChI=1S/C15H16ClNO4/c1-8(2)13(15(19)20)17-14(18)10-5-9-6-11(16)3-4-12(9)21-7-10/h3-6,8,13H,7H2,1-2H3,(H,17,18)(H,19,20). The first-order chi connectivity index (χ1) is 9.88. The molecule has 0 fully saturated rings. The minimum Gasteiger partial charge on any atom is -0.488 e. The summed E-state index contributed by atoms with van der Waals surface area (Å²) < 4.78 is 5.48. The summed E-state index contributed by atoms with van der Waals surface area (Å²) in [6.45, 7) is 3.57. The molecular weight excluding hydrogens is 294 g/mol. The molecule has 0 saturated carbocycles. The number of amides is 1. The molecule has 1 aliphatic rings. The lowest BCUT2D eigenvalue weighted by Crippen LogP contribution is -2.45. The number of rotatable bonds is 4. The second-order valence-corrected chi connectivity index (χ2v) is 5.61. The van der Waals surface area contributed by atoms with Crippen molar-refractivity contribution in [1.29, 1.82) is 0 Å². The number of nitrogens with one attached hydrogen (secondary N) is 1. The Hall–Kier alpha value is -2.01. The van der Waals surface area contributed by atoms with Gasteiger partial charge < -0.3 is 15.2 Å². The highest BCUT2D eigenvalue weighted by atomic mass is 35.5. The SMILES string of the molecule is CC(C)C(NC(=O)C1=Cc2cc(Cl)ccc2OC1)C(=O)O. The van der Waals surface area contributed by atoms with Gasteiger partial charge in [0.25, 0.3) is 5.91 Å². The zero-order valence-corrected chi connectivity index (χ0v) is 12.5. The van der Waals surface area contributed by atoms with Crippen LogP contribution in [0.25, 0.3) is 6.08 Å². The van der Waals surface area contributed by atoms with E-state index in [0.29, 0.717) is 21.9 Å². The zero-order chi connectivity index (χ0) is 15.6. The molecule has 0 radical (unpaired) electrons. The number of carbonyl (C=O) groups excluding carboxylic acids is 1. The van der Waals surface area contributed by atoms with Gasteiger partial charge in [-0.15, -0.1) is 0 Å². The number of aliphatic carboxylic acids is 1. The van der Waals surface area contributed by atoms with Crippen LogP contribution in [-0.4, -0.2) is 29.6 Å². The van der Waals surface area contributed by atoms with Crippen molar-refractivity contribution in [2.75, 3.05) is 6.61 Å². The van der Waals surface area contributed by atoms with Gasteiger partial charge in [0.2, 0.25) is 0 Å². The highest BCUT2D eigenvalue weighted by Gasteiger charge is 2.26. The Balaban J connectivity index is 2.19. The number of benzene rings is 1. The molecule has 1 amide bonds. The van der Waals surface area contributed by atoms with Crippen molar-refractivity contribution < 1.29 is 19.4 Å². The molecule has 1 atom stereocenters. The molecule has 0 bridgehead atoms. The number of hydrogen-bond donors (Lipinski definition) is 2. The van der Waals surface area contributed by atoms with E-state index < -0.39 is 17.9 Å². The van der Waals surface area contributed by atoms with Crippen molar-refractivity contribution in [2.45, 2.75) is 19.9 Å². The second kappa shape index (κ2) is 6.18. The highest BCUT2D eigenvalue weighted by Crippen LogP contribution is 2.29. The molecule has 112 valence electrons. The van der Waals surface area contributed by atoms with Crippen molar-refractivity contribution in [2.24, 2.45) is 5.92 Å². The number of carboxylic acid groups (broad SMARTS) is 1. The summed E-state index contributed by atoms with van der Waals surface area (Å²) in [5.74, 6) is -1.06. The molecule has 5 nitrogen and oxygen atoms in total. The third-order valence-electron chi connectivity index (χ3n) is 3.20. The monoisotopic (exact) mass is 309 g/mol. The van der Waals surface area contributed by atoms with Crippen molar-refractivity contribution >= 4 is 29.6 Å². The molecule has 1 aromatic carbocycles. The fourth-order valence-corrected chi connectivity index (χ4v) is 2.21. The quantitative estimate of drug-likeness (QED) is 0.895. The number of carboxylic acids is 1. The molecule has 0 saturated heterocycles.